The Morgan fingerprint density at radius 3 is 2.88 bits per heavy atom. The summed E-state index contributed by atoms with van der Waals surface area (Å²) in [6.45, 7) is 5.56. The van der Waals surface area contributed by atoms with Crippen molar-refractivity contribution < 1.29 is 13.9 Å². The standard InChI is InChI=1S/C20H25N3O3/c1-14-6-7-19(26-14)16-11-23(12-17(16)21)20(24)13-22-8-9-25-18-5-3-2-4-15(18)10-22/h2-7,16-17H,8-13,21H2,1H3/t16-,17-/m0/s1. The summed E-state index contributed by atoms with van der Waals surface area (Å²) in [5, 5.41) is 0. The summed E-state index contributed by atoms with van der Waals surface area (Å²) in [5.74, 6) is 2.85. The Morgan fingerprint density at radius 2 is 2.08 bits per heavy atom. The van der Waals surface area contributed by atoms with Crippen molar-refractivity contribution in [2.75, 3.05) is 32.8 Å². The van der Waals surface area contributed by atoms with Gasteiger partial charge in [0.25, 0.3) is 0 Å². The molecule has 0 unspecified atom stereocenters. The first-order valence-electron chi connectivity index (χ1n) is 9.13. The largest absolute Gasteiger partial charge is 0.492 e. The maximum Gasteiger partial charge on any atom is 0.236 e. The number of fused-ring (bicyclic) bond motifs is 1. The Kier molecular flexibility index (Phi) is 4.70. The molecule has 0 aliphatic carbocycles. The topological polar surface area (TPSA) is 71.9 Å². The molecule has 0 radical (unpaired) electrons. The van der Waals surface area contributed by atoms with Gasteiger partial charge in [-0.2, -0.15) is 0 Å². The number of aryl methyl sites for hydroxylation is 1. The highest BCUT2D eigenvalue weighted by Crippen LogP contribution is 2.28. The third kappa shape index (κ3) is 3.48. The van der Waals surface area contributed by atoms with Crippen LogP contribution in [0.3, 0.4) is 0 Å². The summed E-state index contributed by atoms with van der Waals surface area (Å²) in [6, 6.07) is 11.8. The van der Waals surface area contributed by atoms with Gasteiger partial charge in [0.1, 0.15) is 23.9 Å². The van der Waals surface area contributed by atoms with E-state index in [1.54, 1.807) is 0 Å². The van der Waals surface area contributed by atoms with E-state index in [0.29, 0.717) is 26.2 Å². The quantitative estimate of drug-likeness (QED) is 0.908. The first-order valence-corrected chi connectivity index (χ1v) is 9.13. The van der Waals surface area contributed by atoms with E-state index in [1.165, 1.54) is 0 Å². The molecule has 1 fully saturated rings. The molecule has 1 aromatic carbocycles. The maximum absolute atomic E-state index is 12.8. The van der Waals surface area contributed by atoms with Crippen molar-refractivity contribution >= 4 is 5.91 Å². The summed E-state index contributed by atoms with van der Waals surface area (Å²) in [6.07, 6.45) is 0. The second kappa shape index (κ2) is 7.13. The van der Waals surface area contributed by atoms with Gasteiger partial charge in [-0.3, -0.25) is 9.69 Å². The second-order valence-corrected chi connectivity index (χ2v) is 7.18. The van der Waals surface area contributed by atoms with Crippen molar-refractivity contribution in [2.45, 2.75) is 25.4 Å². The normalized spacial score (nSPS) is 23.4. The molecule has 26 heavy (non-hydrogen) atoms. The maximum atomic E-state index is 12.8. The van der Waals surface area contributed by atoms with Crippen LogP contribution in [0.4, 0.5) is 0 Å². The van der Waals surface area contributed by atoms with Gasteiger partial charge in [0, 0.05) is 37.8 Å². The molecule has 2 aliphatic heterocycles. The minimum absolute atomic E-state index is 0.0702. The summed E-state index contributed by atoms with van der Waals surface area (Å²) in [7, 11) is 0. The first kappa shape index (κ1) is 17.1. The number of carbonyl (C=O) groups excluding carboxylic acids is 1. The Bertz CT molecular complexity index is 788. The highest BCUT2D eigenvalue weighted by molar-refractivity contribution is 5.79. The summed E-state index contributed by atoms with van der Waals surface area (Å²) in [4.78, 5) is 16.8. The zero-order valence-electron chi connectivity index (χ0n) is 15.1. The molecule has 2 aromatic rings. The lowest BCUT2D eigenvalue weighted by Crippen LogP contribution is -2.40. The number of likely N-dealkylation sites (tertiary alicyclic amines) is 1. The lowest BCUT2D eigenvalue weighted by atomic mass is 10.0. The van der Waals surface area contributed by atoms with Gasteiger partial charge in [0.2, 0.25) is 5.91 Å². The molecule has 2 atom stereocenters. The van der Waals surface area contributed by atoms with E-state index < -0.39 is 0 Å². The molecular formula is C20H25N3O3. The van der Waals surface area contributed by atoms with Crippen LogP contribution in [0, 0.1) is 6.92 Å². The van der Waals surface area contributed by atoms with Gasteiger partial charge in [-0.1, -0.05) is 18.2 Å². The summed E-state index contributed by atoms with van der Waals surface area (Å²) < 4.78 is 11.5. The van der Waals surface area contributed by atoms with Crippen LogP contribution in [0.25, 0.3) is 0 Å². The molecule has 4 rings (SSSR count). The number of hydrogen-bond acceptors (Lipinski definition) is 5. The van der Waals surface area contributed by atoms with Crippen molar-refractivity contribution in [3.05, 3.63) is 53.5 Å². The average Bonchev–Trinajstić information content (AvgIpc) is 3.15. The van der Waals surface area contributed by atoms with Crippen molar-refractivity contribution in [3.63, 3.8) is 0 Å². The number of amides is 1. The van der Waals surface area contributed by atoms with Gasteiger partial charge in [-0.15, -0.1) is 0 Å². The van der Waals surface area contributed by atoms with Crippen LogP contribution in [-0.2, 0) is 11.3 Å². The number of ether oxygens (including phenoxy) is 1. The third-order valence-corrected chi connectivity index (χ3v) is 5.23. The van der Waals surface area contributed by atoms with Crippen LogP contribution in [0.2, 0.25) is 0 Å². The number of para-hydroxylation sites is 1. The van der Waals surface area contributed by atoms with Crippen LogP contribution in [0.15, 0.2) is 40.8 Å². The number of rotatable bonds is 3. The SMILES string of the molecule is Cc1ccc([C@H]2CN(C(=O)CN3CCOc4ccccc4C3)C[C@@H]2N)o1. The number of hydrogen-bond donors (Lipinski definition) is 1. The number of furan rings is 1. The number of carbonyl (C=O) groups is 1. The summed E-state index contributed by atoms with van der Waals surface area (Å²) in [5.41, 5.74) is 7.41. The van der Waals surface area contributed by atoms with Crippen LogP contribution in [-0.4, -0.2) is 54.5 Å². The Labute approximate surface area is 153 Å². The fourth-order valence-electron chi connectivity index (χ4n) is 3.79. The predicted molar refractivity (Wildman–Crippen MR) is 98.0 cm³/mol. The molecule has 0 spiro atoms. The number of nitrogens with two attached hydrogens (primary N) is 1. The molecule has 2 N–H and O–H groups in total. The molecule has 6 heteroatoms. The van der Waals surface area contributed by atoms with Crippen LogP contribution >= 0.6 is 0 Å². The number of benzene rings is 1. The zero-order chi connectivity index (χ0) is 18.1. The average molecular weight is 355 g/mol. The lowest BCUT2D eigenvalue weighted by Gasteiger charge is -2.23. The fourth-order valence-corrected chi connectivity index (χ4v) is 3.79. The van der Waals surface area contributed by atoms with Crippen LogP contribution < -0.4 is 10.5 Å². The minimum Gasteiger partial charge on any atom is -0.492 e. The van der Waals surface area contributed by atoms with E-state index in [1.807, 2.05) is 42.2 Å². The van der Waals surface area contributed by atoms with E-state index in [9.17, 15) is 4.79 Å². The number of nitrogens with zero attached hydrogens (tertiary/aromatic N) is 2. The van der Waals surface area contributed by atoms with Gasteiger partial charge >= 0.3 is 0 Å². The third-order valence-electron chi connectivity index (χ3n) is 5.23. The molecule has 3 heterocycles. The van der Waals surface area contributed by atoms with Crippen molar-refractivity contribution in [1.29, 1.82) is 0 Å². The van der Waals surface area contributed by atoms with Crippen molar-refractivity contribution in [1.82, 2.24) is 9.80 Å². The van der Waals surface area contributed by atoms with Crippen LogP contribution in [0.1, 0.15) is 23.0 Å². The van der Waals surface area contributed by atoms with Gasteiger partial charge in [0.15, 0.2) is 0 Å². The molecule has 6 nitrogen and oxygen atoms in total. The molecule has 2 aliphatic rings. The Balaban J connectivity index is 1.39. The van der Waals surface area contributed by atoms with E-state index in [2.05, 4.69) is 11.0 Å². The van der Waals surface area contributed by atoms with Gasteiger partial charge in [-0.25, -0.2) is 0 Å². The molecule has 0 saturated carbocycles. The second-order valence-electron chi connectivity index (χ2n) is 7.18. The van der Waals surface area contributed by atoms with E-state index in [-0.39, 0.29) is 17.9 Å². The monoisotopic (exact) mass is 355 g/mol. The zero-order valence-corrected chi connectivity index (χ0v) is 15.1. The molecule has 1 aromatic heterocycles. The lowest BCUT2D eigenvalue weighted by molar-refractivity contribution is -0.131. The van der Waals surface area contributed by atoms with E-state index in [4.69, 9.17) is 14.9 Å². The molecule has 1 saturated heterocycles. The van der Waals surface area contributed by atoms with Gasteiger partial charge < -0.3 is 19.8 Å². The van der Waals surface area contributed by atoms with E-state index in [0.717, 1.165) is 35.9 Å². The molecule has 0 bridgehead atoms. The Morgan fingerprint density at radius 1 is 1.23 bits per heavy atom. The smallest absolute Gasteiger partial charge is 0.236 e. The fraction of sp³-hybridized carbons (Fsp3) is 0.450. The predicted octanol–water partition coefficient (Wildman–Crippen LogP) is 1.74. The highest BCUT2D eigenvalue weighted by Gasteiger charge is 2.36. The minimum atomic E-state index is -0.0855. The highest BCUT2D eigenvalue weighted by atomic mass is 16.5. The first-order chi connectivity index (χ1) is 12.6. The van der Waals surface area contributed by atoms with Gasteiger partial charge in [0.05, 0.1) is 12.5 Å². The van der Waals surface area contributed by atoms with E-state index >= 15 is 0 Å². The van der Waals surface area contributed by atoms with Crippen LogP contribution in [0.5, 0.6) is 5.75 Å². The molecule has 1 amide bonds. The van der Waals surface area contributed by atoms with Crippen molar-refractivity contribution in [2.24, 2.45) is 5.73 Å². The van der Waals surface area contributed by atoms with Crippen molar-refractivity contribution in [3.8, 4) is 5.75 Å². The molecule has 138 valence electrons. The molecular weight excluding hydrogens is 330 g/mol. The Hall–Kier alpha value is -2.31. The summed E-state index contributed by atoms with van der Waals surface area (Å²) >= 11 is 0. The van der Waals surface area contributed by atoms with Gasteiger partial charge in [-0.05, 0) is 25.1 Å².